The summed E-state index contributed by atoms with van der Waals surface area (Å²) in [6.07, 6.45) is 4.81. The Hall–Kier alpha value is -4.08. The number of benzene rings is 1. The van der Waals surface area contributed by atoms with Crippen molar-refractivity contribution in [2.45, 2.75) is 13.1 Å². The van der Waals surface area contributed by atoms with Crippen LogP contribution in [0.25, 0.3) is 11.0 Å². The number of amides is 1. The molecule has 4 rings (SSSR count). The Balaban J connectivity index is 1.39. The van der Waals surface area contributed by atoms with Gasteiger partial charge in [-0.3, -0.25) is 4.79 Å². The third-order valence-electron chi connectivity index (χ3n) is 4.70. The van der Waals surface area contributed by atoms with E-state index < -0.39 is 0 Å². The van der Waals surface area contributed by atoms with Crippen LogP contribution in [0.1, 0.15) is 16.1 Å². The number of aromatic nitrogens is 4. The van der Waals surface area contributed by atoms with Crippen molar-refractivity contribution in [1.29, 1.82) is 0 Å². The summed E-state index contributed by atoms with van der Waals surface area (Å²) in [5.74, 6) is 2.32. The molecule has 0 aliphatic heterocycles. The number of nitrogens with zero attached hydrogens (tertiary/aromatic N) is 4. The maximum absolute atomic E-state index is 12.5. The molecule has 0 saturated carbocycles. The van der Waals surface area contributed by atoms with Gasteiger partial charge >= 0.3 is 0 Å². The van der Waals surface area contributed by atoms with Gasteiger partial charge in [-0.05, 0) is 30.3 Å². The number of hydrogen-bond donors (Lipinski definition) is 2. The number of hydrogen-bond acceptors (Lipinski definition) is 8. The van der Waals surface area contributed by atoms with E-state index in [0.29, 0.717) is 48.2 Å². The molecule has 10 nitrogen and oxygen atoms in total. The monoisotopic (exact) mass is 422 g/mol. The second-order valence-electron chi connectivity index (χ2n) is 6.59. The molecule has 0 unspecified atom stereocenters. The van der Waals surface area contributed by atoms with Crippen LogP contribution in [-0.2, 0) is 13.1 Å². The average molecular weight is 422 g/mol. The predicted molar refractivity (Wildman–Crippen MR) is 113 cm³/mol. The molecule has 160 valence electrons. The maximum Gasteiger partial charge on any atom is 0.251 e. The summed E-state index contributed by atoms with van der Waals surface area (Å²) in [5.41, 5.74) is 1.16. The number of nitrogens with one attached hydrogen (secondary N) is 2. The third-order valence-corrected chi connectivity index (χ3v) is 4.70. The highest BCUT2D eigenvalue weighted by molar-refractivity contribution is 5.94. The molecular formula is C21H22N6O4. The first-order chi connectivity index (χ1) is 15.2. The Kier molecular flexibility index (Phi) is 5.97. The fraction of sp³-hybridized carbons (Fsp3) is 0.238. The van der Waals surface area contributed by atoms with Gasteiger partial charge in [-0.15, -0.1) is 0 Å². The number of fused-ring (bicyclic) bond motifs is 1. The van der Waals surface area contributed by atoms with E-state index in [-0.39, 0.29) is 5.91 Å². The SMILES string of the molecule is COc1ccc(C(=O)NCCn2ncc3c(NCc4ccco4)ncnc32)cc1OC. The lowest BCUT2D eigenvalue weighted by atomic mass is 10.2. The predicted octanol–water partition coefficient (Wildman–Crippen LogP) is 2.48. The molecule has 0 atom stereocenters. The van der Waals surface area contributed by atoms with Crippen molar-refractivity contribution in [1.82, 2.24) is 25.1 Å². The Morgan fingerprint density at radius 2 is 2.03 bits per heavy atom. The second kappa shape index (κ2) is 9.16. The van der Waals surface area contributed by atoms with E-state index in [4.69, 9.17) is 13.9 Å². The van der Waals surface area contributed by atoms with E-state index in [1.807, 2.05) is 12.1 Å². The van der Waals surface area contributed by atoms with Crippen LogP contribution in [0, 0.1) is 0 Å². The van der Waals surface area contributed by atoms with Crippen LogP contribution in [0.5, 0.6) is 11.5 Å². The molecule has 0 radical (unpaired) electrons. The van der Waals surface area contributed by atoms with Gasteiger partial charge in [0.15, 0.2) is 17.1 Å². The summed E-state index contributed by atoms with van der Waals surface area (Å²) in [5, 5.41) is 11.3. The van der Waals surface area contributed by atoms with Crippen molar-refractivity contribution in [3.63, 3.8) is 0 Å². The Labute approximate surface area is 178 Å². The van der Waals surface area contributed by atoms with Crippen molar-refractivity contribution in [2.24, 2.45) is 0 Å². The number of rotatable bonds is 9. The molecule has 0 fully saturated rings. The zero-order valence-corrected chi connectivity index (χ0v) is 17.2. The fourth-order valence-corrected chi connectivity index (χ4v) is 3.14. The van der Waals surface area contributed by atoms with Crippen molar-refractivity contribution >= 4 is 22.8 Å². The lowest BCUT2D eigenvalue weighted by Gasteiger charge is -2.10. The standard InChI is InChI=1S/C21H22N6O4/c1-29-17-6-5-14(10-18(17)30-2)21(28)22-7-8-27-20-16(12-26-27)19(24-13-25-20)23-11-15-4-3-9-31-15/h3-6,9-10,12-13H,7-8,11H2,1-2H3,(H,22,28)(H,23,24,25). The largest absolute Gasteiger partial charge is 0.493 e. The van der Waals surface area contributed by atoms with E-state index >= 15 is 0 Å². The molecule has 0 saturated heterocycles. The van der Waals surface area contributed by atoms with Crippen molar-refractivity contribution < 1.29 is 18.7 Å². The topological polar surface area (TPSA) is 116 Å². The molecule has 3 heterocycles. The van der Waals surface area contributed by atoms with Crippen LogP contribution in [0.4, 0.5) is 5.82 Å². The van der Waals surface area contributed by atoms with Crippen LogP contribution in [-0.4, -0.2) is 46.4 Å². The molecule has 0 aliphatic carbocycles. The quantitative estimate of drug-likeness (QED) is 0.423. The first kappa shape index (κ1) is 20.2. The van der Waals surface area contributed by atoms with Gasteiger partial charge in [0.05, 0.1) is 45.2 Å². The van der Waals surface area contributed by atoms with E-state index in [9.17, 15) is 4.79 Å². The summed E-state index contributed by atoms with van der Waals surface area (Å²) in [6.45, 7) is 1.34. The fourth-order valence-electron chi connectivity index (χ4n) is 3.14. The first-order valence-electron chi connectivity index (χ1n) is 9.62. The van der Waals surface area contributed by atoms with Crippen LogP contribution >= 0.6 is 0 Å². The highest BCUT2D eigenvalue weighted by Crippen LogP contribution is 2.27. The van der Waals surface area contributed by atoms with Gasteiger partial charge in [-0.1, -0.05) is 0 Å². The second-order valence-corrected chi connectivity index (χ2v) is 6.59. The smallest absolute Gasteiger partial charge is 0.251 e. The zero-order chi connectivity index (χ0) is 21.6. The molecule has 0 bridgehead atoms. The molecule has 3 aromatic heterocycles. The molecule has 1 amide bonds. The van der Waals surface area contributed by atoms with Crippen molar-refractivity contribution in [3.8, 4) is 11.5 Å². The van der Waals surface area contributed by atoms with Crippen LogP contribution in [0.15, 0.2) is 53.5 Å². The number of carbonyl (C=O) groups is 1. The molecule has 2 N–H and O–H groups in total. The Bertz CT molecular complexity index is 1170. The average Bonchev–Trinajstić information content (AvgIpc) is 3.47. The van der Waals surface area contributed by atoms with Gasteiger partial charge in [0.1, 0.15) is 17.9 Å². The maximum atomic E-state index is 12.5. The number of anilines is 1. The molecule has 31 heavy (non-hydrogen) atoms. The van der Waals surface area contributed by atoms with Gasteiger partial charge in [-0.2, -0.15) is 5.10 Å². The van der Waals surface area contributed by atoms with Gasteiger partial charge in [-0.25, -0.2) is 14.6 Å². The number of ether oxygens (including phenoxy) is 2. The number of furan rings is 1. The molecule has 0 aliphatic rings. The van der Waals surface area contributed by atoms with Crippen molar-refractivity contribution in [2.75, 3.05) is 26.1 Å². The van der Waals surface area contributed by atoms with E-state index in [1.54, 1.807) is 42.5 Å². The van der Waals surface area contributed by atoms with Crippen LogP contribution in [0.3, 0.4) is 0 Å². The molecule has 1 aromatic carbocycles. The number of methoxy groups -OCH3 is 2. The molecule has 4 aromatic rings. The number of carbonyl (C=O) groups excluding carboxylic acids is 1. The minimum Gasteiger partial charge on any atom is -0.493 e. The van der Waals surface area contributed by atoms with E-state index in [0.717, 1.165) is 11.1 Å². The minimum atomic E-state index is -0.215. The normalized spacial score (nSPS) is 10.8. The first-order valence-corrected chi connectivity index (χ1v) is 9.62. The summed E-state index contributed by atoms with van der Waals surface area (Å²) in [4.78, 5) is 21.1. The lowest BCUT2D eigenvalue weighted by Crippen LogP contribution is -2.27. The van der Waals surface area contributed by atoms with Gasteiger partial charge < -0.3 is 24.5 Å². The Morgan fingerprint density at radius 3 is 2.81 bits per heavy atom. The van der Waals surface area contributed by atoms with Crippen LogP contribution < -0.4 is 20.1 Å². The summed E-state index contributed by atoms with van der Waals surface area (Å²) >= 11 is 0. The Morgan fingerprint density at radius 1 is 1.16 bits per heavy atom. The molecule has 10 heteroatoms. The lowest BCUT2D eigenvalue weighted by molar-refractivity contribution is 0.0951. The molecular weight excluding hydrogens is 400 g/mol. The van der Waals surface area contributed by atoms with Crippen LogP contribution in [0.2, 0.25) is 0 Å². The summed E-state index contributed by atoms with van der Waals surface area (Å²) in [6, 6.07) is 8.74. The van der Waals surface area contributed by atoms with Gasteiger partial charge in [0, 0.05) is 12.1 Å². The zero-order valence-electron chi connectivity index (χ0n) is 17.2. The summed E-state index contributed by atoms with van der Waals surface area (Å²) in [7, 11) is 3.08. The third kappa shape index (κ3) is 4.42. The van der Waals surface area contributed by atoms with Gasteiger partial charge in [0.2, 0.25) is 0 Å². The minimum absolute atomic E-state index is 0.215. The molecule has 0 spiro atoms. The summed E-state index contributed by atoms with van der Waals surface area (Å²) < 4.78 is 17.5. The highest BCUT2D eigenvalue weighted by Gasteiger charge is 2.12. The van der Waals surface area contributed by atoms with E-state index in [1.165, 1.54) is 13.4 Å². The van der Waals surface area contributed by atoms with Crippen molar-refractivity contribution in [3.05, 3.63) is 60.4 Å². The van der Waals surface area contributed by atoms with Gasteiger partial charge in [0.25, 0.3) is 5.91 Å². The highest BCUT2D eigenvalue weighted by atomic mass is 16.5. The van der Waals surface area contributed by atoms with E-state index in [2.05, 4.69) is 25.7 Å².